The third-order valence-electron chi connectivity index (χ3n) is 6.88. The molecule has 1 saturated carbocycles. The summed E-state index contributed by atoms with van der Waals surface area (Å²) in [4.78, 5) is 41.1. The highest BCUT2D eigenvalue weighted by atomic mass is 19.1. The van der Waals surface area contributed by atoms with Crippen LogP contribution in [0.25, 0.3) is 6.08 Å². The number of hydrogen-bond acceptors (Lipinski definition) is 5. The standard InChI is InChI=1S/C20H24FN5O3/c21-13-10-26(11-13)19(28)18-17-15(29-24-18)3-4-20(17)5-7-25(8-6-20)16(27)2-1-14-9-22-12-23-14/h1-2,9,12-13,15,17H,3-8,10-11H2,(H,22,23)/b2-1+/t15-,17+/m0/s1. The Morgan fingerprint density at radius 2 is 2.03 bits per heavy atom. The number of rotatable bonds is 3. The molecule has 4 aliphatic rings. The lowest BCUT2D eigenvalue weighted by Gasteiger charge is -2.43. The summed E-state index contributed by atoms with van der Waals surface area (Å²) in [7, 11) is 0. The first-order valence-electron chi connectivity index (χ1n) is 10.2. The van der Waals surface area contributed by atoms with E-state index in [9.17, 15) is 14.0 Å². The molecule has 3 aliphatic heterocycles. The van der Waals surface area contributed by atoms with Gasteiger partial charge in [-0.3, -0.25) is 9.59 Å². The van der Waals surface area contributed by atoms with Gasteiger partial charge < -0.3 is 19.6 Å². The molecule has 9 heteroatoms. The minimum atomic E-state index is -0.931. The van der Waals surface area contributed by atoms with Crippen LogP contribution in [-0.4, -0.2) is 75.7 Å². The van der Waals surface area contributed by atoms with Crippen molar-refractivity contribution in [3.05, 3.63) is 24.3 Å². The van der Waals surface area contributed by atoms with Gasteiger partial charge >= 0.3 is 0 Å². The zero-order valence-corrected chi connectivity index (χ0v) is 16.1. The van der Waals surface area contributed by atoms with Crippen LogP contribution in [0.15, 0.2) is 23.8 Å². The molecule has 2 saturated heterocycles. The first-order valence-corrected chi connectivity index (χ1v) is 10.2. The van der Waals surface area contributed by atoms with Gasteiger partial charge in [0.2, 0.25) is 5.91 Å². The Morgan fingerprint density at radius 3 is 2.72 bits per heavy atom. The highest BCUT2D eigenvalue weighted by Gasteiger charge is 2.58. The quantitative estimate of drug-likeness (QED) is 0.775. The van der Waals surface area contributed by atoms with Gasteiger partial charge in [-0.05, 0) is 37.2 Å². The lowest BCUT2D eigenvalue weighted by Crippen LogP contribution is -2.56. The third-order valence-corrected chi connectivity index (χ3v) is 6.88. The molecule has 2 amide bonds. The minimum Gasteiger partial charge on any atom is -0.391 e. The van der Waals surface area contributed by atoms with E-state index in [-0.39, 0.29) is 42.3 Å². The number of carbonyl (C=O) groups excluding carboxylic acids is 2. The van der Waals surface area contributed by atoms with Crippen molar-refractivity contribution in [3.63, 3.8) is 0 Å². The molecule has 2 atom stereocenters. The van der Waals surface area contributed by atoms with E-state index in [0.717, 1.165) is 31.4 Å². The molecule has 1 N–H and O–H groups in total. The van der Waals surface area contributed by atoms with Gasteiger partial charge in [-0.25, -0.2) is 9.37 Å². The van der Waals surface area contributed by atoms with Gasteiger partial charge in [-0.1, -0.05) is 5.16 Å². The van der Waals surface area contributed by atoms with E-state index in [4.69, 9.17) is 4.84 Å². The molecule has 1 aromatic rings. The van der Waals surface area contributed by atoms with Gasteiger partial charge in [0.25, 0.3) is 5.91 Å². The Balaban J connectivity index is 1.24. The number of nitrogens with zero attached hydrogens (tertiary/aromatic N) is 4. The Labute approximate surface area is 167 Å². The monoisotopic (exact) mass is 401 g/mol. The second kappa shape index (κ2) is 6.96. The summed E-state index contributed by atoms with van der Waals surface area (Å²) in [6, 6.07) is 0. The number of halogens is 1. The molecule has 5 rings (SSSR count). The van der Waals surface area contributed by atoms with Crippen molar-refractivity contribution in [1.82, 2.24) is 19.8 Å². The summed E-state index contributed by atoms with van der Waals surface area (Å²) in [5.41, 5.74) is 1.17. The van der Waals surface area contributed by atoms with Crippen LogP contribution < -0.4 is 0 Å². The number of hydrogen-bond donors (Lipinski definition) is 1. The normalized spacial score (nSPS) is 28.4. The smallest absolute Gasteiger partial charge is 0.272 e. The molecule has 4 heterocycles. The maximum Gasteiger partial charge on any atom is 0.272 e. The molecular formula is C20H24FN5O3. The highest BCUT2D eigenvalue weighted by molar-refractivity contribution is 6.40. The van der Waals surface area contributed by atoms with Crippen molar-refractivity contribution in [2.75, 3.05) is 26.2 Å². The molecule has 0 aromatic carbocycles. The molecule has 3 fully saturated rings. The zero-order chi connectivity index (χ0) is 20.0. The number of aromatic nitrogens is 2. The first kappa shape index (κ1) is 18.3. The van der Waals surface area contributed by atoms with E-state index in [0.29, 0.717) is 18.8 Å². The van der Waals surface area contributed by atoms with Crippen molar-refractivity contribution in [2.45, 2.75) is 38.0 Å². The maximum absolute atomic E-state index is 13.2. The predicted molar refractivity (Wildman–Crippen MR) is 102 cm³/mol. The summed E-state index contributed by atoms with van der Waals surface area (Å²) in [6.07, 6.45) is 8.99. The van der Waals surface area contributed by atoms with E-state index in [1.807, 2.05) is 4.90 Å². The fourth-order valence-corrected chi connectivity index (χ4v) is 5.19. The minimum absolute atomic E-state index is 0.0220. The largest absolute Gasteiger partial charge is 0.391 e. The number of H-pyrrole nitrogens is 1. The number of aromatic amines is 1. The fraction of sp³-hybridized carbons (Fsp3) is 0.600. The number of alkyl halides is 1. The average Bonchev–Trinajstić information content (AvgIpc) is 3.43. The van der Waals surface area contributed by atoms with Gasteiger partial charge in [-0.15, -0.1) is 0 Å². The van der Waals surface area contributed by atoms with Crippen LogP contribution in [0.4, 0.5) is 4.39 Å². The number of amides is 2. The van der Waals surface area contributed by atoms with E-state index < -0.39 is 6.17 Å². The van der Waals surface area contributed by atoms with Crippen LogP contribution in [0.5, 0.6) is 0 Å². The number of carbonyl (C=O) groups is 2. The molecule has 154 valence electrons. The summed E-state index contributed by atoms with van der Waals surface area (Å²) in [5.74, 6) is -0.258. The van der Waals surface area contributed by atoms with Gasteiger partial charge in [0, 0.05) is 19.2 Å². The summed E-state index contributed by atoms with van der Waals surface area (Å²) >= 11 is 0. The van der Waals surface area contributed by atoms with Crippen molar-refractivity contribution in [2.24, 2.45) is 16.5 Å². The zero-order valence-electron chi connectivity index (χ0n) is 16.1. The van der Waals surface area contributed by atoms with Gasteiger partial charge in [0.05, 0.1) is 37.2 Å². The molecule has 29 heavy (non-hydrogen) atoms. The molecule has 0 radical (unpaired) electrons. The van der Waals surface area contributed by atoms with Crippen LogP contribution in [0.1, 0.15) is 31.4 Å². The maximum atomic E-state index is 13.2. The molecule has 1 aliphatic carbocycles. The van der Waals surface area contributed by atoms with Crippen LogP contribution in [0.2, 0.25) is 0 Å². The van der Waals surface area contributed by atoms with Crippen LogP contribution in [0, 0.1) is 11.3 Å². The van der Waals surface area contributed by atoms with Crippen molar-refractivity contribution in [1.29, 1.82) is 0 Å². The molecular weight excluding hydrogens is 377 g/mol. The first-order chi connectivity index (χ1) is 14.1. The highest BCUT2D eigenvalue weighted by Crippen LogP contribution is 2.54. The number of fused-ring (bicyclic) bond motifs is 2. The lowest BCUT2D eigenvalue weighted by atomic mass is 9.68. The second-order valence-corrected chi connectivity index (χ2v) is 8.47. The van der Waals surface area contributed by atoms with E-state index in [1.54, 1.807) is 24.7 Å². The van der Waals surface area contributed by atoms with Crippen LogP contribution >= 0.6 is 0 Å². The van der Waals surface area contributed by atoms with Crippen LogP contribution in [0.3, 0.4) is 0 Å². The van der Waals surface area contributed by atoms with Crippen molar-refractivity contribution in [3.8, 4) is 0 Å². The number of oxime groups is 1. The van der Waals surface area contributed by atoms with Gasteiger partial charge in [0.1, 0.15) is 12.3 Å². The molecule has 1 aromatic heterocycles. The van der Waals surface area contributed by atoms with Gasteiger partial charge in [0.15, 0.2) is 5.71 Å². The van der Waals surface area contributed by atoms with Crippen LogP contribution in [-0.2, 0) is 14.4 Å². The van der Waals surface area contributed by atoms with E-state index in [1.165, 1.54) is 4.90 Å². The number of imidazole rings is 1. The Hall–Kier alpha value is -2.71. The SMILES string of the molecule is O=C(/C=C/c1cnc[nH]1)N1CCC2(CC[C@@H]3ON=C(C(=O)N4CC(F)C4)[C@@H]32)CC1. The topological polar surface area (TPSA) is 90.9 Å². The molecule has 0 bridgehead atoms. The van der Waals surface area contributed by atoms with Crippen molar-refractivity contribution >= 4 is 23.6 Å². The summed E-state index contributed by atoms with van der Waals surface area (Å²) < 4.78 is 13.2. The third kappa shape index (κ3) is 3.12. The van der Waals surface area contributed by atoms with E-state index >= 15 is 0 Å². The number of likely N-dealkylation sites (tertiary alicyclic amines) is 2. The number of nitrogens with one attached hydrogen (secondary N) is 1. The second-order valence-electron chi connectivity index (χ2n) is 8.47. The Kier molecular flexibility index (Phi) is 4.40. The summed E-state index contributed by atoms with van der Waals surface area (Å²) in [6.45, 7) is 1.58. The molecule has 0 unspecified atom stereocenters. The fourth-order valence-electron chi connectivity index (χ4n) is 5.19. The molecule has 8 nitrogen and oxygen atoms in total. The molecule has 1 spiro atoms. The average molecular weight is 401 g/mol. The number of piperidine rings is 1. The Bertz CT molecular complexity index is 853. The predicted octanol–water partition coefficient (Wildman–Crippen LogP) is 1.38. The van der Waals surface area contributed by atoms with E-state index in [2.05, 4.69) is 15.1 Å². The van der Waals surface area contributed by atoms with Gasteiger partial charge in [-0.2, -0.15) is 0 Å². The Morgan fingerprint density at radius 1 is 1.24 bits per heavy atom. The summed E-state index contributed by atoms with van der Waals surface area (Å²) in [5, 5.41) is 4.11. The lowest BCUT2D eigenvalue weighted by molar-refractivity contribution is -0.132. The van der Waals surface area contributed by atoms with Crippen molar-refractivity contribution < 1.29 is 18.8 Å².